The average molecular weight is 323 g/mol. The highest BCUT2D eigenvalue weighted by molar-refractivity contribution is 4.97. The van der Waals surface area contributed by atoms with E-state index in [-0.39, 0.29) is 0 Å². The Morgan fingerprint density at radius 3 is 1.39 bits per heavy atom. The molecule has 0 aliphatic carbocycles. The molecule has 0 saturated carbocycles. The van der Waals surface area contributed by atoms with Crippen LogP contribution in [0.3, 0.4) is 0 Å². The van der Waals surface area contributed by atoms with Gasteiger partial charge in [0.15, 0.2) is 0 Å². The van der Waals surface area contributed by atoms with E-state index < -0.39 is 0 Å². The van der Waals surface area contributed by atoms with Gasteiger partial charge >= 0.3 is 0 Å². The monoisotopic (exact) mass is 322 g/mol. The summed E-state index contributed by atoms with van der Waals surface area (Å²) in [4.78, 5) is 0. The van der Waals surface area contributed by atoms with Crippen LogP contribution >= 0.6 is 0 Å². The van der Waals surface area contributed by atoms with Crippen molar-refractivity contribution in [3.8, 4) is 0 Å². The third-order valence-corrected chi connectivity index (χ3v) is 4.98. The SMILES string of the molecule is CCCCCCCCCCCCCCCC=C(C)CCCCC. The second kappa shape index (κ2) is 19.8. The van der Waals surface area contributed by atoms with Crippen molar-refractivity contribution in [2.45, 2.75) is 136 Å². The maximum Gasteiger partial charge on any atom is -0.0323 e. The van der Waals surface area contributed by atoms with Gasteiger partial charge in [-0.25, -0.2) is 0 Å². The molecular formula is C23H46. The molecule has 0 atom stereocenters. The van der Waals surface area contributed by atoms with E-state index in [1.165, 1.54) is 116 Å². The van der Waals surface area contributed by atoms with Crippen LogP contribution in [-0.4, -0.2) is 0 Å². The smallest absolute Gasteiger partial charge is 0.0323 e. The summed E-state index contributed by atoms with van der Waals surface area (Å²) < 4.78 is 0. The highest BCUT2D eigenvalue weighted by atomic mass is 14.0. The third kappa shape index (κ3) is 19.7. The molecule has 0 saturated heterocycles. The van der Waals surface area contributed by atoms with E-state index in [2.05, 4.69) is 26.8 Å². The van der Waals surface area contributed by atoms with Crippen molar-refractivity contribution in [1.82, 2.24) is 0 Å². The zero-order valence-corrected chi connectivity index (χ0v) is 16.8. The van der Waals surface area contributed by atoms with E-state index in [0.717, 1.165) is 0 Å². The molecule has 0 heteroatoms. The first kappa shape index (κ1) is 22.7. The van der Waals surface area contributed by atoms with E-state index in [1.807, 2.05) is 0 Å². The van der Waals surface area contributed by atoms with Crippen LogP contribution in [0.1, 0.15) is 136 Å². The molecule has 0 aromatic carbocycles. The molecule has 0 rings (SSSR count). The van der Waals surface area contributed by atoms with Crippen LogP contribution in [0.15, 0.2) is 11.6 Å². The zero-order chi connectivity index (χ0) is 17.0. The lowest BCUT2D eigenvalue weighted by Gasteiger charge is -2.03. The third-order valence-electron chi connectivity index (χ3n) is 4.98. The molecule has 0 heterocycles. The Bertz CT molecular complexity index is 238. The predicted octanol–water partition coefficient (Wildman–Crippen LogP) is 8.99. The first-order chi connectivity index (χ1) is 11.3. The van der Waals surface area contributed by atoms with Crippen LogP contribution in [0.4, 0.5) is 0 Å². The van der Waals surface area contributed by atoms with Gasteiger partial charge in [0.2, 0.25) is 0 Å². The number of allylic oxidation sites excluding steroid dienone is 2. The van der Waals surface area contributed by atoms with Crippen LogP contribution in [-0.2, 0) is 0 Å². The zero-order valence-electron chi connectivity index (χ0n) is 16.8. The van der Waals surface area contributed by atoms with E-state index in [0.29, 0.717) is 0 Å². The Hall–Kier alpha value is -0.260. The molecular weight excluding hydrogens is 276 g/mol. The maximum absolute atomic E-state index is 2.49. The van der Waals surface area contributed by atoms with Crippen LogP contribution < -0.4 is 0 Å². The Morgan fingerprint density at radius 1 is 0.522 bits per heavy atom. The van der Waals surface area contributed by atoms with Gasteiger partial charge in [-0.1, -0.05) is 115 Å². The van der Waals surface area contributed by atoms with Gasteiger partial charge in [-0.2, -0.15) is 0 Å². The van der Waals surface area contributed by atoms with E-state index in [9.17, 15) is 0 Å². The minimum atomic E-state index is 1.32. The van der Waals surface area contributed by atoms with Gasteiger partial charge in [-0.05, 0) is 32.6 Å². The molecule has 0 nitrogen and oxygen atoms in total. The van der Waals surface area contributed by atoms with Gasteiger partial charge in [0.05, 0.1) is 0 Å². The van der Waals surface area contributed by atoms with Crippen LogP contribution in [0, 0.1) is 0 Å². The highest BCUT2D eigenvalue weighted by Gasteiger charge is 1.94. The number of unbranched alkanes of at least 4 members (excludes halogenated alkanes) is 15. The minimum absolute atomic E-state index is 1.32. The standard InChI is InChI=1S/C23H46/c1-4-6-8-9-10-11-12-13-14-15-16-17-18-20-22-23(3)21-19-7-5-2/h22H,4-21H2,1-3H3. The molecule has 0 N–H and O–H groups in total. The Kier molecular flexibility index (Phi) is 19.6. The molecule has 138 valence electrons. The summed E-state index contributed by atoms with van der Waals surface area (Å²) in [5, 5.41) is 0. The minimum Gasteiger partial charge on any atom is -0.0856 e. The molecule has 0 aromatic rings. The number of rotatable bonds is 18. The van der Waals surface area contributed by atoms with Crippen molar-refractivity contribution in [3.63, 3.8) is 0 Å². The average Bonchev–Trinajstić information content (AvgIpc) is 2.55. The van der Waals surface area contributed by atoms with Crippen molar-refractivity contribution in [2.24, 2.45) is 0 Å². The highest BCUT2D eigenvalue weighted by Crippen LogP contribution is 2.14. The molecule has 0 fully saturated rings. The fraction of sp³-hybridized carbons (Fsp3) is 0.913. The quantitative estimate of drug-likeness (QED) is 0.174. The van der Waals surface area contributed by atoms with E-state index in [4.69, 9.17) is 0 Å². The van der Waals surface area contributed by atoms with Crippen LogP contribution in [0.25, 0.3) is 0 Å². The first-order valence-electron chi connectivity index (χ1n) is 11.0. The normalized spacial score (nSPS) is 12.0. The van der Waals surface area contributed by atoms with Gasteiger partial charge in [-0.3, -0.25) is 0 Å². The van der Waals surface area contributed by atoms with E-state index in [1.54, 1.807) is 5.57 Å². The molecule has 0 amide bonds. The van der Waals surface area contributed by atoms with Crippen molar-refractivity contribution in [2.75, 3.05) is 0 Å². The lowest BCUT2D eigenvalue weighted by atomic mass is 10.0. The first-order valence-corrected chi connectivity index (χ1v) is 11.0. The second-order valence-corrected chi connectivity index (χ2v) is 7.54. The van der Waals surface area contributed by atoms with Gasteiger partial charge < -0.3 is 0 Å². The molecule has 0 radical (unpaired) electrons. The van der Waals surface area contributed by atoms with Crippen molar-refractivity contribution < 1.29 is 0 Å². The number of hydrogen-bond acceptors (Lipinski definition) is 0. The van der Waals surface area contributed by atoms with E-state index >= 15 is 0 Å². The molecule has 23 heavy (non-hydrogen) atoms. The van der Waals surface area contributed by atoms with Crippen LogP contribution in [0.2, 0.25) is 0 Å². The largest absolute Gasteiger partial charge is 0.0856 e. The summed E-state index contributed by atoms with van der Waals surface area (Å²) in [6.07, 6.45) is 28.1. The number of hydrogen-bond donors (Lipinski definition) is 0. The molecule has 0 unspecified atom stereocenters. The molecule has 0 aliphatic heterocycles. The maximum atomic E-state index is 2.49. The van der Waals surface area contributed by atoms with Crippen molar-refractivity contribution >= 4 is 0 Å². The molecule has 0 aliphatic rings. The molecule has 0 aromatic heterocycles. The van der Waals surface area contributed by atoms with Gasteiger partial charge in [-0.15, -0.1) is 0 Å². The predicted molar refractivity (Wildman–Crippen MR) is 108 cm³/mol. The fourth-order valence-corrected chi connectivity index (χ4v) is 3.27. The molecule has 0 bridgehead atoms. The Balaban J connectivity index is 3.14. The Morgan fingerprint density at radius 2 is 0.913 bits per heavy atom. The van der Waals surface area contributed by atoms with Gasteiger partial charge in [0.25, 0.3) is 0 Å². The van der Waals surface area contributed by atoms with Crippen molar-refractivity contribution in [1.29, 1.82) is 0 Å². The van der Waals surface area contributed by atoms with Gasteiger partial charge in [0, 0.05) is 0 Å². The second-order valence-electron chi connectivity index (χ2n) is 7.54. The topological polar surface area (TPSA) is 0 Å². The fourth-order valence-electron chi connectivity index (χ4n) is 3.27. The van der Waals surface area contributed by atoms with Crippen molar-refractivity contribution in [3.05, 3.63) is 11.6 Å². The summed E-state index contributed by atoms with van der Waals surface area (Å²) in [5.41, 5.74) is 1.62. The Labute approximate surface area is 148 Å². The summed E-state index contributed by atoms with van der Waals surface area (Å²) in [5.74, 6) is 0. The summed E-state index contributed by atoms with van der Waals surface area (Å²) in [7, 11) is 0. The van der Waals surface area contributed by atoms with Crippen LogP contribution in [0.5, 0.6) is 0 Å². The van der Waals surface area contributed by atoms with Gasteiger partial charge in [0.1, 0.15) is 0 Å². The summed E-state index contributed by atoms with van der Waals surface area (Å²) in [6.45, 7) is 6.90. The lowest BCUT2D eigenvalue weighted by Crippen LogP contribution is -1.83. The summed E-state index contributed by atoms with van der Waals surface area (Å²) in [6, 6.07) is 0. The lowest BCUT2D eigenvalue weighted by molar-refractivity contribution is 0.540. The molecule has 0 spiro atoms. The summed E-state index contributed by atoms with van der Waals surface area (Å²) >= 11 is 0.